The molecule has 398 valence electrons. The van der Waals surface area contributed by atoms with E-state index in [1.807, 2.05) is 34.6 Å². The summed E-state index contributed by atoms with van der Waals surface area (Å²) in [5.74, 6) is 0. The molecule has 0 spiro atoms. The van der Waals surface area contributed by atoms with Crippen molar-refractivity contribution in [1.29, 1.82) is 0 Å². The Morgan fingerprint density at radius 2 is 1.04 bits per heavy atom. The van der Waals surface area contributed by atoms with Gasteiger partial charge in [-0.3, -0.25) is 0 Å². The van der Waals surface area contributed by atoms with Gasteiger partial charge in [-0.25, -0.2) is 0 Å². The van der Waals surface area contributed by atoms with Gasteiger partial charge in [0, 0.05) is 0 Å². The third-order valence-electron chi connectivity index (χ3n) is 12.0. The molecular weight excluding hydrogens is 1190 g/mol. The number of nitro benzene ring substituents is 2. The second-order valence-electron chi connectivity index (χ2n) is 17.3. The normalized spacial score (nSPS) is 26.7. The Labute approximate surface area is 432 Å². The van der Waals surface area contributed by atoms with Crippen LogP contribution in [-0.2, 0) is 19.1 Å². The van der Waals surface area contributed by atoms with Gasteiger partial charge in [-0.15, -0.1) is 0 Å². The summed E-state index contributed by atoms with van der Waals surface area (Å²) >= 11 is -1.73. The van der Waals surface area contributed by atoms with Crippen LogP contribution in [0.15, 0.2) is 36.4 Å². The first kappa shape index (κ1) is 60.9. The van der Waals surface area contributed by atoms with E-state index in [2.05, 4.69) is 37.5 Å². The first-order chi connectivity index (χ1) is 33.2. The number of hydrogen-bond acceptors (Lipinski definition) is 21. The van der Waals surface area contributed by atoms with Crippen LogP contribution in [0, 0.1) is 20.2 Å². The fourth-order valence-corrected chi connectivity index (χ4v) is 19.0. The second-order valence-corrected chi connectivity index (χ2v) is 27.6. The van der Waals surface area contributed by atoms with Crippen molar-refractivity contribution in [3.8, 4) is 0 Å². The summed E-state index contributed by atoms with van der Waals surface area (Å²) in [6, 6.07) is 7.51. The Morgan fingerprint density at radius 1 is 0.643 bits per heavy atom. The maximum atomic E-state index is 12.4. The molecular formula is C43H71N7O16Se4. The number of nitrogens with one attached hydrogen (secondary N) is 2. The van der Waals surface area contributed by atoms with E-state index < -0.39 is 122 Å². The molecule has 0 bridgehead atoms. The molecule has 0 radical (unpaired) electrons. The number of benzene rings is 2. The first-order valence-corrected chi connectivity index (χ1v) is 33.2. The Balaban J connectivity index is 1.52. The molecule has 2 aromatic carbocycles. The molecule has 2 aliphatic rings. The summed E-state index contributed by atoms with van der Waals surface area (Å²) in [5, 5.41) is 108. The molecule has 23 nitrogen and oxygen atoms in total. The van der Waals surface area contributed by atoms with Gasteiger partial charge < -0.3 is 0 Å². The number of hydroxylamine groups is 2. The van der Waals surface area contributed by atoms with Crippen molar-refractivity contribution in [2.75, 3.05) is 53.8 Å². The van der Waals surface area contributed by atoms with Crippen LogP contribution in [0.4, 0.5) is 22.7 Å². The van der Waals surface area contributed by atoms with Gasteiger partial charge in [-0.2, -0.15) is 0 Å². The number of nitro groups is 2. The summed E-state index contributed by atoms with van der Waals surface area (Å²) in [4.78, 5) is 38.6. The zero-order chi connectivity index (χ0) is 51.9. The number of anilines is 2. The summed E-state index contributed by atoms with van der Waals surface area (Å²) in [5.41, 5.74) is 5.11. The van der Waals surface area contributed by atoms with E-state index in [9.17, 15) is 61.1 Å². The standard InChI is InChI=1S/C43H71N7O16Se4/c1-8-17-42(6,65-44-34-38(55)36(53)30(22-51)63-40(34)57)24-67-47(11-4)26-13-15-28(49(59)60)32(20-26)69-70-33-21-27(14-16-29(33)50(61)62)48(12-5)68-25-43(7,18-19-46(9-2)10-3)66-45-35-39(56)37(54)31(23-52)64-41(35)58/h13-16,20-21,30-31,34-41,44-45,51-58H,8-12,17-19,22-25H2,1-7H3/t30?,31?,34?,35?,36?,37?,38?,39?,40-,41-,42?,43?/m0/s1. The van der Waals surface area contributed by atoms with Crippen molar-refractivity contribution >= 4 is 88.3 Å². The van der Waals surface area contributed by atoms with Crippen LogP contribution in [0.25, 0.3) is 0 Å². The summed E-state index contributed by atoms with van der Waals surface area (Å²) in [6.45, 7) is 16.0. The van der Waals surface area contributed by atoms with E-state index in [-0.39, 0.29) is 41.7 Å². The van der Waals surface area contributed by atoms with Gasteiger partial charge in [-0.05, 0) is 0 Å². The summed E-state index contributed by atoms with van der Waals surface area (Å²) in [7, 11) is 0. The zero-order valence-electron chi connectivity index (χ0n) is 40.4. The van der Waals surface area contributed by atoms with Crippen LogP contribution in [-0.4, -0.2) is 231 Å². The van der Waals surface area contributed by atoms with E-state index in [0.717, 1.165) is 30.9 Å². The number of ether oxygens (including phenoxy) is 2. The summed E-state index contributed by atoms with van der Waals surface area (Å²) in [6.07, 6.45) is -9.55. The minimum absolute atomic E-state index is 0.0764. The van der Waals surface area contributed by atoms with E-state index in [4.69, 9.17) is 19.1 Å². The first-order valence-electron chi connectivity index (χ1n) is 23.2. The Kier molecular flexibility index (Phi) is 25.1. The van der Waals surface area contributed by atoms with E-state index in [1.54, 1.807) is 24.3 Å². The van der Waals surface area contributed by atoms with Crippen molar-refractivity contribution in [2.24, 2.45) is 0 Å². The fraction of sp³-hybridized carbons (Fsp3) is 0.721. The van der Waals surface area contributed by atoms with Gasteiger partial charge >= 0.3 is 435 Å². The number of hydrogen-bond donors (Lipinski definition) is 10. The molecule has 70 heavy (non-hydrogen) atoms. The van der Waals surface area contributed by atoms with Crippen LogP contribution in [0.1, 0.15) is 67.7 Å². The van der Waals surface area contributed by atoms with Gasteiger partial charge in [0.15, 0.2) is 0 Å². The quantitative estimate of drug-likeness (QED) is 0.0234. The molecule has 2 fully saturated rings. The molecule has 2 heterocycles. The van der Waals surface area contributed by atoms with Gasteiger partial charge in [0.1, 0.15) is 0 Å². The second kappa shape index (κ2) is 28.8. The molecule has 10 N–H and O–H groups in total. The fourth-order valence-electron chi connectivity index (χ4n) is 7.60. The van der Waals surface area contributed by atoms with Gasteiger partial charge in [-0.1, -0.05) is 0 Å². The van der Waals surface area contributed by atoms with Gasteiger partial charge in [0.25, 0.3) is 0 Å². The van der Waals surface area contributed by atoms with Crippen LogP contribution in [0.5, 0.6) is 0 Å². The number of rotatable bonds is 30. The van der Waals surface area contributed by atoms with Crippen LogP contribution in [0.2, 0.25) is 10.6 Å². The maximum absolute atomic E-state index is 12.4. The molecule has 0 amide bonds. The van der Waals surface area contributed by atoms with Crippen LogP contribution in [0.3, 0.4) is 0 Å². The van der Waals surface area contributed by atoms with Crippen LogP contribution < -0.4 is 27.7 Å². The SMILES string of the molecule is CCCC(C)(C[Se]N(CC)c1ccc([N+](=O)[O-])c([Se][Se]c2cc(N(CC)[Se]CC(C)(CCN(CC)CC)ONC3C(O)C(O)C(CO)O[C@@H]3O)ccc2[N+](=O)[O-])c1)ONC1C(O)C(O)C(CO)O[C@@H]1O. The Hall–Kier alpha value is -1.68. The van der Waals surface area contributed by atoms with E-state index in [1.165, 1.54) is 12.1 Å². The third-order valence-corrected chi connectivity index (χ3v) is 25.5. The average Bonchev–Trinajstić information content (AvgIpc) is 3.33. The van der Waals surface area contributed by atoms with Crippen molar-refractivity contribution in [3.63, 3.8) is 0 Å². The zero-order valence-corrected chi connectivity index (χ0v) is 47.3. The molecule has 2 aromatic rings. The summed E-state index contributed by atoms with van der Waals surface area (Å²) < 4.78 is 15.8. The molecule has 2 aliphatic heterocycles. The molecule has 12 atom stereocenters. The molecule has 27 heteroatoms. The molecule has 4 rings (SSSR count). The van der Waals surface area contributed by atoms with Gasteiger partial charge in [0.05, 0.1) is 0 Å². The number of aliphatic hydroxyl groups excluding tert-OH is 8. The van der Waals surface area contributed by atoms with Crippen molar-refractivity contribution in [2.45, 2.75) is 151 Å². The van der Waals surface area contributed by atoms with Crippen LogP contribution >= 0.6 is 0 Å². The topological polar surface area (TPSA) is 319 Å². The monoisotopic (exact) mass is 1260 g/mol. The molecule has 0 aliphatic carbocycles. The van der Waals surface area contributed by atoms with E-state index in [0.29, 0.717) is 52.0 Å². The average molecular weight is 1260 g/mol. The molecule has 0 saturated carbocycles. The van der Waals surface area contributed by atoms with Gasteiger partial charge in [0.2, 0.25) is 0 Å². The minimum atomic E-state index is -1.58. The van der Waals surface area contributed by atoms with Crippen molar-refractivity contribution < 1.29 is 69.8 Å². The van der Waals surface area contributed by atoms with Crippen molar-refractivity contribution in [3.05, 3.63) is 56.6 Å². The van der Waals surface area contributed by atoms with Crippen molar-refractivity contribution in [1.82, 2.24) is 15.9 Å². The predicted molar refractivity (Wildman–Crippen MR) is 264 cm³/mol. The molecule has 0 aromatic heterocycles. The number of aliphatic hydroxyl groups is 8. The Bertz CT molecular complexity index is 1960. The third kappa shape index (κ3) is 16.4. The molecule has 2 saturated heterocycles. The van der Waals surface area contributed by atoms with E-state index >= 15 is 0 Å². The number of nitrogens with zero attached hydrogens (tertiary/aromatic N) is 5. The Morgan fingerprint density at radius 3 is 1.39 bits per heavy atom. The predicted octanol–water partition coefficient (Wildman–Crippen LogP) is -1.80. The molecule has 10 unspecified atom stereocenters.